The van der Waals surface area contributed by atoms with Gasteiger partial charge >= 0.3 is 6.18 Å². The number of carbonyl (C=O) groups is 2. The van der Waals surface area contributed by atoms with E-state index in [1.165, 1.54) is 0 Å². The second kappa shape index (κ2) is 9.24. The summed E-state index contributed by atoms with van der Waals surface area (Å²) in [6.07, 6.45) is 2.18. The lowest BCUT2D eigenvalue weighted by Crippen LogP contribution is -2.48. The average Bonchev–Trinajstić information content (AvgIpc) is 2.68. The van der Waals surface area contributed by atoms with Crippen LogP contribution in [-0.2, 0) is 22.2 Å². The molecule has 2 fully saturated rings. The van der Waals surface area contributed by atoms with Crippen molar-refractivity contribution in [2.45, 2.75) is 63.6 Å². The van der Waals surface area contributed by atoms with E-state index in [0.717, 1.165) is 56.9 Å². The Bertz CT molecular complexity index is 730. The third-order valence-electron chi connectivity index (χ3n) is 6.10. The van der Waals surface area contributed by atoms with Gasteiger partial charge in [-0.3, -0.25) is 14.6 Å². The van der Waals surface area contributed by atoms with Crippen molar-refractivity contribution in [2.75, 3.05) is 13.1 Å². The largest absolute Gasteiger partial charge is 0.416 e. The van der Waals surface area contributed by atoms with Crippen LogP contribution in [0.3, 0.4) is 0 Å². The summed E-state index contributed by atoms with van der Waals surface area (Å²) in [6.45, 7) is 1.23. The summed E-state index contributed by atoms with van der Waals surface area (Å²) in [5, 5.41) is 0. The lowest BCUT2D eigenvalue weighted by atomic mass is 9.83. The Kier molecular flexibility index (Phi) is 6.93. The van der Waals surface area contributed by atoms with Crippen molar-refractivity contribution in [3.63, 3.8) is 0 Å². The Hall–Kier alpha value is -1.96. The molecule has 1 aromatic heterocycles. The van der Waals surface area contributed by atoms with Crippen LogP contribution in [0.2, 0.25) is 0 Å². The van der Waals surface area contributed by atoms with Gasteiger partial charge in [-0.2, -0.15) is 13.2 Å². The van der Waals surface area contributed by atoms with Gasteiger partial charge in [0.15, 0.2) is 0 Å². The molecule has 0 unspecified atom stereocenters. The van der Waals surface area contributed by atoms with E-state index in [1.807, 2.05) is 4.90 Å². The fourth-order valence-corrected chi connectivity index (χ4v) is 4.41. The van der Waals surface area contributed by atoms with Crippen LogP contribution >= 0.6 is 0 Å². The molecule has 0 aromatic carbocycles. The van der Waals surface area contributed by atoms with Crippen molar-refractivity contribution in [1.82, 2.24) is 9.88 Å². The second-order valence-corrected chi connectivity index (χ2v) is 8.28. The van der Waals surface area contributed by atoms with E-state index in [2.05, 4.69) is 4.98 Å². The molecule has 0 radical (unpaired) electrons. The molecule has 5 nitrogen and oxygen atoms in total. The molecule has 2 N–H and O–H groups in total. The first kappa shape index (κ1) is 21.7. The summed E-state index contributed by atoms with van der Waals surface area (Å²) in [5.41, 5.74) is 5.48. The molecule has 1 aliphatic heterocycles. The highest BCUT2D eigenvalue weighted by atomic mass is 19.4. The molecule has 1 saturated heterocycles. The highest BCUT2D eigenvalue weighted by Gasteiger charge is 2.34. The van der Waals surface area contributed by atoms with E-state index in [1.54, 1.807) is 0 Å². The number of piperidine rings is 1. The maximum Gasteiger partial charge on any atom is 0.416 e. The van der Waals surface area contributed by atoms with Crippen molar-refractivity contribution in [1.29, 1.82) is 0 Å². The molecule has 1 saturated carbocycles. The minimum atomic E-state index is -4.44. The number of halogens is 3. The number of likely N-dealkylation sites (tertiary alicyclic amines) is 1. The second-order valence-electron chi connectivity index (χ2n) is 8.28. The maximum absolute atomic E-state index is 12.8. The third-order valence-corrected chi connectivity index (χ3v) is 6.10. The van der Waals surface area contributed by atoms with Gasteiger partial charge in [0.1, 0.15) is 5.78 Å². The predicted octanol–water partition coefficient (Wildman–Crippen LogP) is 3.36. The highest BCUT2D eigenvalue weighted by Crippen LogP contribution is 2.30. The minimum absolute atomic E-state index is 0.0597. The quantitative estimate of drug-likeness (QED) is 0.806. The zero-order valence-corrected chi connectivity index (χ0v) is 16.5. The van der Waals surface area contributed by atoms with Gasteiger partial charge in [-0.15, -0.1) is 0 Å². The number of nitrogens with zero attached hydrogens (tertiary/aromatic N) is 2. The van der Waals surface area contributed by atoms with Crippen LogP contribution in [0.15, 0.2) is 18.3 Å². The van der Waals surface area contributed by atoms with Crippen LogP contribution < -0.4 is 5.73 Å². The zero-order chi connectivity index (χ0) is 21.0. The molecular formula is C21H28F3N3O2. The van der Waals surface area contributed by atoms with Crippen LogP contribution in [-0.4, -0.2) is 40.7 Å². The third kappa shape index (κ3) is 5.78. The van der Waals surface area contributed by atoms with E-state index < -0.39 is 11.7 Å². The van der Waals surface area contributed by atoms with Crippen LogP contribution in [0, 0.1) is 11.8 Å². The van der Waals surface area contributed by atoms with Crippen LogP contribution in [0.4, 0.5) is 13.2 Å². The lowest BCUT2D eigenvalue weighted by molar-refractivity contribution is -0.139. The fourth-order valence-electron chi connectivity index (χ4n) is 4.41. The molecule has 0 spiro atoms. The van der Waals surface area contributed by atoms with Crippen LogP contribution in [0.1, 0.15) is 56.2 Å². The molecular weight excluding hydrogens is 383 g/mol. The standard InChI is InChI=1S/C21H28F3N3O2/c22-21(23,24)15-5-8-26-16(12-15)13-17(28)11-14-6-9-27(10-7-14)20(29)18-3-1-2-4-19(18)25/h5,8,12,14,18-19H,1-4,6-7,9-11,13,25H2/t18-,19-/m0/s1. The lowest BCUT2D eigenvalue weighted by Gasteiger charge is -2.37. The van der Waals surface area contributed by atoms with Crippen LogP contribution in [0.5, 0.6) is 0 Å². The van der Waals surface area contributed by atoms with Gasteiger partial charge < -0.3 is 10.6 Å². The zero-order valence-electron chi connectivity index (χ0n) is 16.5. The Balaban J connectivity index is 1.47. The molecule has 8 heteroatoms. The van der Waals surface area contributed by atoms with Gasteiger partial charge in [0.05, 0.1) is 11.5 Å². The molecule has 1 aromatic rings. The molecule has 0 bridgehead atoms. The van der Waals surface area contributed by atoms with E-state index in [9.17, 15) is 22.8 Å². The van der Waals surface area contributed by atoms with Crippen molar-refractivity contribution in [3.8, 4) is 0 Å². The summed E-state index contributed by atoms with van der Waals surface area (Å²) in [6, 6.07) is 1.78. The number of rotatable bonds is 5. The van der Waals surface area contributed by atoms with Crippen molar-refractivity contribution in [2.24, 2.45) is 17.6 Å². The van der Waals surface area contributed by atoms with Gasteiger partial charge in [0.25, 0.3) is 0 Å². The maximum atomic E-state index is 12.8. The Morgan fingerprint density at radius 2 is 1.83 bits per heavy atom. The Morgan fingerprint density at radius 1 is 1.14 bits per heavy atom. The normalized spacial score (nSPS) is 23.8. The SMILES string of the molecule is N[C@H]1CCCC[C@@H]1C(=O)N1CCC(CC(=O)Cc2cc(C(F)(F)F)ccn2)CC1. The smallest absolute Gasteiger partial charge is 0.342 e. The number of ketones is 1. The number of pyridine rings is 1. The number of carbonyl (C=O) groups excluding carboxylic acids is 2. The number of nitrogens with two attached hydrogens (primary N) is 1. The van der Waals surface area contributed by atoms with Gasteiger partial charge in [0, 0.05) is 43.9 Å². The Labute approximate surface area is 168 Å². The summed E-state index contributed by atoms with van der Waals surface area (Å²) in [7, 11) is 0. The van der Waals surface area contributed by atoms with Gasteiger partial charge in [-0.1, -0.05) is 12.8 Å². The van der Waals surface area contributed by atoms with Gasteiger partial charge in [-0.05, 0) is 43.7 Å². The van der Waals surface area contributed by atoms with Crippen molar-refractivity contribution >= 4 is 11.7 Å². The number of Topliss-reactive ketones (excluding diaryl/α,β-unsaturated/α-hetero) is 1. The first-order valence-electron chi connectivity index (χ1n) is 10.3. The molecule has 1 amide bonds. The highest BCUT2D eigenvalue weighted by molar-refractivity contribution is 5.81. The van der Waals surface area contributed by atoms with Crippen molar-refractivity contribution in [3.05, 3.63) is 29.6 Å². The summed E-state index contributed by atoms with van der Waals surface area (Å²) in [4.78, 5) is 30.8. The molecule has 160 valence electrons. The molecule has 2 heterocycles. The summed E-state index contributed by atoms with van der Waals surface area (Å²) in [5.74, 6) is 0.0809. The minimum Gasteiger partial charge on any atom is -0.342 e. The van der Waals surface area contributed by atoms with Crippen LogP contribution in [0.25, 0.3) is 0 Å². The predicted molar refractivity (Wildman–Crippen MR) is 102 cm³/mol. The average molecular weight is 411 g/mol. The first-order chi connectivity index (χ1) is 13.7. The van der Waals surface area contributed by atoms with Crippen molar-refractivity contribution < 1.29 is 22.8 Å². The molecule has 3 rings (SSSR count). The van der Waals surface area contributed by atoms with E-state index in [-0.39, 0.29) is 41.7 Å². The van der Waals surface area contributed by atoms with Gasteiger partial charge in [-0.25, -0.2) is 0 Å². The summed E-state index contributed by atoms with van der Waals surface area (Å²) < 4.78 is 38.4. The monoisotopic (exact) mass is 411 g/mol. The number of aromatic nitrogens is 1. The number of amides is 1. The van der Waals surface area contributed by atoms with Gasteiger partial charge in [0.2, 0.25) is 5.91 Å². The fraction of sp³-hybridized carbons (Fsp3) is 0.667. The number of alkyl halides is 3. The topological polar surface area (TPSA) is 76.3 Å². The molecule has 1 aliphatic carbocycles. The van der Waals surface area contributed by atoms with E-state index in [4.69, 9.17) is 5.73 Å². The molecule has 2 aliphatic rings. The first-order valence-corrected chi connectivity index (χ1v) is 10.3. The Morgan fingerprint density at radius 3 is 2.48 bits per heavy atom. The summed E-state index contributed by atoms with van der Waals surface area (Å²) >= 11 is 0. The van der Waals surface area contributed by atoms with E-state index in [0.29, 0.717) is 19.5 Å². The number of hydrogen-bond donors (Lipinski definition) is 1. The van der Waals surface area contributed by atoms with E-state index >= 15 is 0 Å². The molecule has 2 atom stereocenters. The molecule has 29 heavy (non-hydrogen) atoms. The number of hydrogen-bond acceptors (Lipinski definition) is 4.